The van der Waals surface area contributed by atoms with Gasteiger partial charge >= 0.3 is 5.97 Å². The van der Waals surface area contributed by atoms with Crippen molar-refractivity contribution in [2.45, 2.75) is 56.9 Å². The van der Waals surface area contributed by atoms with Crippen molar-refractivity contribution in [3.63, 3.8) is 0 Å². The van der Waals surface area contributed by atoms with Crippen LogP contribution in [0.2, 0.25) is 0 Å². The average molecular weight is 376 g/mol. The third-order valence-corrected chi connectivity index (χ3v) is 4.82. The number of allylic oxidation sites excluding steroid dienone is 1. The molecule has 0 aliphatic carbocycles. The lowest BCUT2D eigenvalue weighted by Crippen LogP contribution is -2.43. The minimum atomic E-state index is -0.695. The molecule has 27 heavy (non-hydrogen) atoms. The zero-order valence-corrected chi connectivity index (χ0v) is 15.8. The first-order valence-electron chi connectivity index (χ1n) is 9.50. The summed E-state index contributed by atoms with van der Waals surface area (Å²) in [6.45, 7) is 7.03. The van der Waals surface area contributed by atoms with E-state index in [1.807, 2.05) is 43.3 Å². The fraction of sp³-hybridized carbons (Fsp3) is 0.571. The van der Waals surface area contributed by atoms with Crippen LogP contribution in [0.25, 0.3) is 0 Å². The molecule has 0 aromatic heterocycles. The highest BCUT2D eigenvalue weighted by molar-refractivity contribution is 5.69. The van der Waals surface area contributed by atoms with Gasteiger partial charge in [-0.1, -0.05) is 36.4 Å². The van der Waals surface area contributed by atoms with E-state index < -0.39 is 18.2 Å². The van der Waals surface area contributed by atoms with Crippen molar-refractivity contribution in [2.75, 3.05) is 19.8 Å². The zero-order chi connectivity index (χ0) is 19.1. The lowest BCUT2D eigenvalue weighted by atomic mass is 10.1. The van der Waals surface area contributed by atoms with Crippen molar-refractivity contribution in [2.24, 2.45) is 0 Å². The highest BCUT2D eigenvalue weighted by Crippen LogP contribution is 2.30. The summed E-state index contributed by atoms with van der Waals surface area (Å²) in [4.78, 5) is 12.3. The molecule has 0 bridgehead atoms. The third kappa shape index (κ3) is 5.62. The molecule has 1 aromatic carbocycles. The maximum absolute atomic E-state index is 12.3. The van der Waals surface area contributed by atoms with Crippen molar-refractivity contribution < 1.29 is 28.5 Å². The van der Waals surface area contributed by atoms with Crippen LogP contribution in [0.15, 0.2) is 43.0 Å². The van der Waals surface area contributed by atoms with Gasteiger partial charge < -0.3 is 23.7 Å². The van der Waals surface area contributed by atoms with Gasteiger partial charge in [0, 0.05) is 12.0 Å². The smallest absolute Gasteiger partial charge is 0.306 e. The van der Waals surface area contributed by atoms with Gasteiger partial charge in [-0.15, -0.1) is 6.58 Å². The second-order valence-electron chi connectivity index (χ2n) is 6.98. The maximum Gasteiger partial charge on any atom is 0.306 e. The highest BCUT2D eigenvalue weighted by Gasteiger charge is 2.36. The van der Waals surface area contributed by atoms with Crippen LogP contribution in [0.3, 0.4) is 0 Å². The van der Waals surface area contributed by atoms with Crippen molar-refractivity contribution in [3.05, 3.63) is 48.6 Å². The van der Waals surface area contributed by atoms with E-state index in [1.165, 1.54) is 0 Å². The second kappa shape index (κ2) is 9.46. The van der Waals surface area contributed by atoms with Gasteiger partial charge in [0.2, 0.25) is 0 Å². The molecule has 0 radical (unpaired) electrons. The fourth-order valence-electron chi connectivity index (χ4n) is 3.26. The van der Waals surface area contributed by atoms with Crippen LogP contribution < -0.4 is 0 Å². The predicted molar refractivity (Wildman–Crippen MR) is 98.9 cm³/mol. The monoisotopic (exact) mass is 376 g/mol. The minimum Gasteiger partial charge on any atom is -0.457 e. The number of rotatable bonds is 8. The van der Waals surface area contributed by atoms with E-state index in [9.17, 15) is 4.79 Å². The maximum atomic E-state index is 12.3. The molecule has 2 fully saturated rings. The molecule has 148 valence electrons. The fourth-order valence-corrected chi connectivity index (χ4v) is 3.26. The number of esters is 1. The Labute approximate surface area is 160 Å². The van der Waals surface area contributed by atoms with Crippen LogP contribution in [0.4, 0.5) is 0 Å². The van der Waals surface area contributed by atoms with Crippen LogP contribution in [-0.4, -0.2) is 43.8 Å². The predicted octanol–water partition coefficient (Wildman–Crippen LogP) is 3.52. The van der Waals surface area contributed by atoms with E-state index in [0.717, 1.165) is 18.4 Å². The van der Waals surface area contributed by atoms with E-state index in [0.29, 0.717) is 26.2 Å². The lowest BCUT2D eigenvalue weighted by molar-refractivity contribution is -0.263. The summed E-state index contributed by atoms with van der Waals surface area (Å²) in [7, 11) is 0. The number of hydrogen-bond donors (Lipinski definition) is 0. The van der Waals surface area contributed by atoms with Crippen molar-refractivity contribution in [3.8, 4) is 0 Å². The molecule has 2 aliphatic rings. The molecule has 2 aliphatic heterocycles. The van der Waals surface area contributed by atoms with E-state index in [1.54, 1.807) is 0 Å². The molecule has 0 saturated carbocycles. The van der Waals surface area contributed by atoms with Gasteiger partial charge in [-0.25, -0.2) is 0 Å². The van der Waals surface area contributed by atoms with E-state index >= 15 is 0 Å². The molecule has 3 rings (SSSR count). The normalized spacial score (nSPS) is 27.2. The summed E-state index contributed by atoms with van der Waals surface area (Å²) in [6.07, 6.45) is 2.91. The van der Waals surface area contributed by atoms with Crippen molar-refractivity contribution >= 4 is 5.97 Å². The molecule has 0 unspecified atom stereocenters. The van der Waals surface area contributed by atoms with Crippen LogP contribution >= 0.6 is 0 Å². The lowest BCUT2D eigenvalue weighted by Gasteiger charge is -2.36. The quantitative estimate of drug-likeness (QED) is 0.511. The summed E-state index contributed by atoms with van der Waals surface area (Å²) in [5.41, 5.74) is 0.953. The Bertz CT molecular complexity index is 610. The Hall–Kier alpha value is -1.73. The van der Waals surface area contributed by atoms with Gasteiger partial charge in [-0.3, -0.25) is 4.79 Å². The summed E-state index contributed by atoms with van der Waals surface area (Å²) in [5.74, 6) is -0.992. The summed E-state index contributed by atoms with van der Waals surface area (Å²) in [6, 6.07) is 9.76. The second-order valence-corrected chi connectivity index (χ2v) is 6.98. The zero-order valence-electron chi connectivity index (χ0n) is 15.8. The number of carbonyl (C=O) groups is 1. The summed E-state index contributed by atoms with van der Waals surface area (Å²) >= 11 is 0. The van der Waals surface area contributed by atoms with Gasteiger partial charge in [-0.05, 0) is 19.8 Å². The molecular formula is C21H28O6. The molecule has 0 spiro atoms. The molecule has 6 heteroatoms. The first kappa shape index (κ1) is 20.0. The largest absolute Gasteiger partial charge is 0.457 e. The number of benzene rings is 1. The summed E-state index contributed by atoms with van der Waals surface area (Å²) < 4.78 is 28.6. The Morgan fingerprint density at radius 1 is 1.30 bits per heavy atom. The molecule has 0 N–H and O–H groups in total. The number of carbonyl (C=O) groups excluding carboxylic acids is 1. The first-order valence-corrected chi connectivity index (χ1v) is 9.50. The van der Waals surface area contributed by atoms with Gasteiger partial charge in [0.25, 0.3) is 0 Å². The highest BCUT2D eigenvalue weighted by atomic mass is 16.7. The standard InChI is InChI=1S/C21H28O6/c1-3-4-10-17-18(15-23-20(27-17)16-8-6-5-7-9-16)26-19(22)11-12-21(2)24-13-14-25-21/h3,5-9,17-18,20H,1,4,10-15H2,2H3/t17-,18+,20+/m0/s1. The van der Waals surface area contributed by atoms with Crippen LogP contribution in [0.5, 0.6) is 0 Å². The molecule has 3 atom stereocenters. The molecule has 2 saturated heterocycles. The van der Waals surface area contributed by atoms with Gasteiger partial charge in [-0.2, -0.15) is 0 Å². The molecule has 2 heterocycles. The third-order valence-electron chi connectivity index (χ3n) is 4.82. The average Bonchev–Trinajstić information content (AvgIpc) is 3.13. The van der Waals surface area contributed by atoms with Crippen LogP contribution in [0, 0.1) is 0 Å². The Kier molecular flexibility index (Phi) is 7.01. The van der Waals surface area contributed by atoms with E-state index in [4.69, 9.17) is 23.7 Å². The summed E-state index contributed by atoms with van der Waals surface area (Å²) in [5, 5.41) is 0. The Balaban J connectivity index is 1.54. The van der Waals surface area contributed by atoms with Crippen molar-refractivity contribution in [1.82, 2.24) is 0 Å². The minimum absolute atomic E-state index is 0.225. The van der Waals surface area contributed by atoms with Crippen molar-refractivity contribution in [1.29, 1.82) is 0 Å². The SMILES string of the molecule is C=CCC[C@@H]1O[C@H](c2ccccc2)OC[C@H]1OC(=O)CCC1(C)OCCO1. The van der Waals surface area contributed by atoms with Gasteiger partial charge in [0.05, 0.1) is 26.2 Å². The van der Waals surface area contributed by atoms with Gasteiger partial charge in [0.15, 0.2) is 18.2 Å². The van der Waals surface area contributed by atoms with Crippen LogP contribution in [0.1, 0.15) is 44.5 Å². The van der Waals surface area contributed by atoms with Crippen LogP contribution in [-0.2, 0) is 28.5 Å². The Morgan fingerprint density at radius 2 is 2.04 bits per heavy atom. The number of hydrogen-bond acceptors (Lipinski definition) is 6. The van der Waals surface area contributed by atoms with Gasteiger partial charge in [0.1, 0.15) is 6.10 Å². The Morgan fingerprint density at radius 3 is 2.74 bits per heavy atom. The molecular weight excluding hydrogens is 348 g/mol. The van der Waals surface area contributed by atoms with E-state index in [2.05, 4.69) is 6.58 Å². The topological polar surface area (TPSA) is 63.2 Å². The van der Waals surface area contributed by atoms with E-state index in [-0.39, 0.29) is 18.5 Å². The molecule has 0 amide bonds. The molecule has 6 nitrogen and oxygen atoms in total. The molecule has 1 aromatic rings. The number of ether oxygens (including phenoxy) is 5. The first-order chi connectivity index (χ1) is 13.1.